The van der Waals surface area contributed by atoms with E-state index in [1.807, 2.05) is 18.3 Å². The normalized spacial score (nSPS) is 19.4. The number of hydrogen-bond acceptors (Lipinski definition) is 5. The van der Waals surface area contributed by atoms with Crippen LogP contribution in [0.15, 0.2) is 61.2 Å². The predicted octanol–water partition coefficient (Wildman–Crippen LogP) is 5.03. The monoisotopic (exact) mass is 449 g/mol. The summed E-state index contributed by atoms with van der Waals surface area (Å²) in [4.78, 5) is 26.5. The Kier molecular flexibility index (Phi) is 5.21. The van der Waals surface area contributed by atoms with Gasteiger partial charge in [-0.15, -0.1) is 0 Å². The maximum atomic E-state index is 12.9. The first-order valence-corrected chi connectivity index (χ1v) is 12.0. The number of rotatable bonds is 5. The molecule has 1 aromatic carbocycles. The Morgan fingerprint density at radius 2 is 2.00 bits per heavy atom. The van der Waals surface area contributed by atoms with Gasteiger partial charge < -0.3 is 5.73 Å². The van der Waals surface area contributed by atoms with E-state index < -0.39 is 0 Å². The third-order valence-corrected chi connectivity index (χ3v) is 7.31. The van der Waals surface area contributed by atoms with Crippen molar-refractivity contribution in [2.75, 3.05) is 5.73 Å². The van der Waals surface area contributed by atoms with Crippen LogP contribution >= 0.6 is 0 Å². The molecule has 4 aromatic rings. The van der Waals surface area contributed by atoms with Gasteiger partial charge in [-0.1, -0.05) is 30.4 Å². The number of Topliss-reactive ketones (excluding diaryl/α,β-unsaturated/α-hetero) is 1. The Morgan fingerprint density at radius 1 is 1.12 bits per heavy atom. The van der Waals surface area contributed by atoms with Gasteiger partial charge in [-0.3, -0.25) is 14.2 Å². The zero-order valence-corrected chi connectivity index (χ0v) is 19.0. The molecule has 2 N–H and O–H groups in total. The summed E-state index contributed by atoms with van der Waals surface area (Å²) in [5.41, 5.74) is 12.7. The number of nitrogens with zero attached hydrogens (tertiary/aromatic N) is 4. The molecule has 0 amide bonds. The number of pyridine rings is 1. The molecule has 1 fully saturated rings. The van der Waals surface area contributed by atoms with E-state index in [0.717, 1.165) is 60.3 Å². The molecule has 0 saturated heterocycles. The van der Waals surface area contributed by atoms with Crippen LogP contribution in [0, 0.1) is 5.92 Å². The molecule has 0 bridgehead atoms. The van der Waals surface area contributed by atoms with Gasteiger partial charge in [-0.25, -0.2) is 9.97 Å². The Labute approximate surface area is 198 Å². The minimum Gasteiger partial charge on any atom is -0.382 e. The van der Waals surface area contributed by atoms with Crippen molar-refractivity contribution in [2.45, 2.75) is 44.4 Å². The highest BCUT2D eigenvalue weighted by molar-refractivity contribution is 5.86. The van der Waals surface area contributed by atoms with E-state index >= 15 is 0 Å². The van der Waals surface area contributed by atoms with Crippen LogP contribution in [0.5, 0.6) is 0 Å². The molecule has 3 heterocycles. The van der Waals surface area contributed by atoms with Crippen LogP contribution < -0.4 is 5.73 Å². The lowest BCUT2D eigenvalue weighted by Gasteiger charge is -2.27. The van der Waals surface area contributed by atoms with Crippen LogP contribution in [0.25, 0.3) is 22.9 Å². The molecule has 2 aliphatic carbocycles. The molecule has 0 unspecified atom stereocenters. The number of carbonyl (C=O) groups is 1. The number of nitrogens with two attached hydrogens (primary N) is 1. The zero-order chi connectivity index (χ0) is 23.1. The van der Waals surface area contributed by atoms with Gasteiger partial charge in [0.05, 0.1) is 0 Å². The Bertz CT molecular complexity index is 1400. The Morgan fingerprint density at radius 3 is 2.82 bits per heavy atom. The zero-order valence-electron chi connectivity index (χ0n) is 19.0. The molecule has 0 atom stereocenters. The van der Waals surface area contributed by atoms with Crippen molar-refractivity contribution in [3.63, 3.8) is 0 Å². The van der Waals surface area contributed by atoms with E-state index in [9.17, 15) is 4.79 Å². The van der Waals surface area contributed by atoms with Crippen LogP contribution in [-0.2, 0) is 17.6 Å². The van der Waals surface area contributed by atoms with Crippen molar-refractivity contribution in [3.8, 4) is 11.3 Å². The van der Waals surface area contributed by atoms with Gasteiger partial charge >= 0.3 is 0 Å². The first-order chi connectivity index (χ1) is 16.7. The topological polar surface area (TPSA) is 86.2 Å². The van der Waals surface area contributed by atoms with Crippen LogP contribution in [0.1, 0.15) is 54.1 Å². The molecular formula is C28H27N5O. The molecule has 3 aromatic heterocycles. The van der Waals surface area contributed by atoms with Crippen molar-refractivity contribution < 1.29 is 4.79 Å². The molecule has 6 rings (SSSR count). The van der Waals surface area contributed by atoms with Gasteiger partial charge in [0.25, 0.3) is 0 Å². The number of aromatic nitrogens is 4. The highest BCUT2D eigenvalue weighted by atomic mass is 16.1. The molecule has 0 spiro atoms. The summed E-state index contributed by atoms with van der Waals surface area (Å²) < 4.78 is 2.11. The second kappa shape index (κ2) is 8.52. The van der Waals surface area contributed by atoms with Crippen LogP contribution in [0.2, 0.25) is 0 Å². The lowest BCUT2D eigenvalue weighted by molar-refractivity contribution is -0.123. The summed E-state index contributed by atoms with van der Waals surface area (Å²) in [6.45, 7) is 0. The Balaban J connectivity index is 1.27. The second-order valence-corrected chi connectivity index (χ2v) is 9.42. The minimum absolute atomic E-state index is 0.109. The number of allylic oxidation sites excluding steroid dienone is 1. The van der Waals surface area contributed by atoms with Crippen molar-refractivity contribution in [1.29, 1.82) is 0 Å². The minimum atomic E-state index is 0.109. The van der Waals surface area contributed by atoms with Crippen LogP contribution in [0.4, 0.5) is 5.82 Å². The van der Waals surface area contributed by atoms with E-state index in [1.165, 1.54) is 11.1 Å². The fraction of sp³-hybridized carbons (Fsp3) is 0.286. The number of benzene rings is 1. The molecular weight excluding hydrogens is 422 g/mol. The molecule has 170 valence electrons. The number of nitrogen functional groups attached to an aromatic ring is 1. The largest absolute Gasteiger partial charge is 0.382 e. The molecule has 6 heteroatoms. The molecule has 34 heavy (non-hydrogen) atoms. The van der Waals surface area contributed by atoms with Crippen molar-refractivity contribution in [3.05, 3.63) is 83.7 Å². The number of fused-ring (bicyclic) bond motifs is 2. The lowest BCUT2D eigenvalue weighted by Crippen LogP contribution is -2.23. The summed E-state index contributed by atoms with van der Waals surface area (Å²) in [6.07, 6.45) is 16.7. The van der Waals surface area contributed by atoms with E-state index in [0.29, 0.717) is 23.9 Å². The van der Waals surface area contributed by atoms with Gasteiger partial charge in [0.2, 0.25) is 0 Å². The maximum absolute atomic E-state index is 12.9. The van der Waals surface area contributed by atoms with Gasteiger partial charge in [0.1, 0.15) is 28.6 Å². The van der Waals surface area contributed by atoms with Gasteiger partial charge in [0, 0.05) is 48.6 Å². The number of ketones is 1. The van der Waals surface area contributed by atoms with E-state index in [1.54, 1.807) is 18.6 Å². The highest BCUT2D eigenvalue weighted by Gasteiger charge is 2.30. The maximum Gasteiger partial charge on any atom is 0.150 e. The number of carbonyl (C=O) groups excluding carboxylic acids is 1. The average molecular weight is 450 g/mol. The third kappa shape index (κ3) is 3.69. The lowest BCUT2D eigenvalue weighted by atomic mass is 9.78. The first kappa shape index (κ1) is 20.8. The van der Waals surface area contributed by atoms with Crippen molar-refractivity contribution >= 4 is 23.2 Å². The standard InChI is InChI=1S/C28H27N5O/c29-27-26-25(23-11-6-19-4-1-5-22(19)16-23)32-28(33(26)14-13-31-27)21-9-7-20(8-10-21)24(34)15-18-3-2-12-30-17-18/h1-3,5-6,11-14,16-17,20-21H,4,7-10,15H2,(H2,29,31). The smallest absolute Gasteiger partial charge is 0.150 e. The summed E-state index contributed by atoms with van der Waals surface area (Å²) in [5.74, 6) is 2.23. The quantitative estimate of drug-likeness (QED) is 0.462. The molecule has 2 aliphatic rings. The number of hydrogen-bond donors (Lipinski definition) is 1. The van der Waals surface area contributed by atoms with Gasteiger partial charge in [-0.2, -0.15) is 0 Å². The fourth-order valence-corrected chi connectivity index (χ4v) is 5.49. The Hall–Kier alpha value is -3.80. The summed E-state index contributed by atoms with van der Waals surface area (Å²) in [6, 6.07) is 10.4. The average Bonchev–Trinajstić information content (AvgIpc) is 3.50. The van der Waals surface area contributed by atoms with E-state index in [-0.39, 0.29) is 5.92 Å². The molecule has 6 nitrogen and oxygen atoms in total. The van der Waals surface area contributed by atoms with Gasteiger partial charge in [0.15, 0.2) is 0 Å². The second-order valence-electron chi connectivity index (χ2n) is 9.42. The number of anilines is 1. The van der Waals surface area contributed by atoms with E-state index in [2.05, 4.69) is 44.7 Å². The van der Waals surface area contributed by atoms with Crippen LogP contribution in [0.3, 0.4) is 0 Å². The predicted molar refractivity (Wildman–Crippen MR) is 133 cm³/mol. The molecule has 1 saturated carbocycles. The van der Waals surface area contributed by atoms with Crippen LogP contribution in [-0.4, -0.2) is 25.1 Å². The summed E-state index contributed by atoms with van der Waals surface area (Å²) in [7, 11) is 0. The van der Waals surface area contributed by atoms with Crippen molar-refractivity contribution in [1.82, 2.24) is 19.4 Å². The first-order valence-electron chi connectivity index (χ1n) is 12.0. The summed E-state index contributed by atoms with van der Waals surface area (Å²) >= 11 is 0. The summed E-state index contributed by atoms with van der Waals surface area (Å²) in [5, 5.41) is 0. The third-order valence-electron chi connectivity index (χ3n) is 7.31. The van der Waals surface area contributed by atoms with E-state index in [4.69, 9.17) is 10.7 Å². The highest BCUT2D eigenvalue weighted by Crippen LogP contribution is 2.39. The molecule has 0 radical (unpaired) electrons. The molecule has 0 aliphatic heterocycles. The fourth-order valence-electron chi connectivity index (χ4n) is 5.49. The SMILES string of the molecule is Nc1nccn2c(C3CCC(C(=O)Cc4cccnc4)CC3)nc(-c3ccc4c(c3)C=CC4)c12. The van der Waals surface area contributed by atoms with Gasteiger partial charge in [-0.05, 0) is 60.9 Å². The number of imidazole rings is 1. The van der Waals surface area contributed by atoms with Crippen molar-refractivity contribution in [2.24, 2.45) is 5.92 Å².